The van der Waals surface area contributed by atoms with Crippen LogP contribution in [0.25, 0.3) is 21.8 Å². The lowest BCUT2D eigenvalue weighted by molar-refractivity contribution is 0.414. The summed E-state index contributed by atoms with van der Waals surface area (Å²) in [5.74, 6) is 0.807. The maximum Gasteiger partial charge on any atom is 0.270 e. The lowest BCUT2D eigenvalue weighted by atomic mass is 10.2. The zero-order valence-electron chi connectivity index (χ0n) is 20.5. The van der Waals surface area contributed by atoms with Gasteiger partial charge in [0.05, 0.1) is 6.54 Å². The number of hydrogen-bond acceptors (Lipinski definition) is 11. The van der Waals surface area contributed by atoms with Crippen LogP contribution in [0.5, 0.6) is 0 Å². The van der Waals surface area contributed by atoms with Crippen molar-refractivity contribution in [1.29, 1.82) is 5.26 Å². The lowest BCUT2D eigenvalue weighted by Crippen LogP contribution is -2.25. The molecule has 4 aromatic heterocycles. The van der Waals surface area contributed by atoms with Gasteiger partial charge in [-0.25, -0.2) is 15.0 Å². The molecule has 6 rings (SSSR count). The fraction of sp³-hybridized carbons (Fsp3) is 0.231. The number of oxazole rings is 1. The Kier molecular flexibility index (Phi) is 6.28. The van der Waals surface area contributed by atoms with Gasteiger partial charge in [0.25, 0.3) is 5.56 Å². The van der Waals surface area contributed by atoms with Gasteiger partial charge in [-0.1, -0.05) is 0 Å². The largest absolute Gasteiger partial charge is 0.441 e. The van der Waals surface area contributed by atoms with Gasteiger partial charge in [0.2, 0.25) is 5.95 Å². The monoisotopic (exact) mass is 525 g/mol. The Morgan fingerprint density at radius 1 is 1.21 bits per heavy atom. The number of pyridine rings is 1. The second-order valence-corrected chi connectivity index (χ2v) is 9.99. The van der Waals surface area contributed by atoms with E-state index in [1.165, 1.54) is 28.4 Å². The molecule has 1 unspecified atom stereocenters. The number of nitrogens with one attached hydrogen (secondary N) is 2. The first-order valence-electron chi connectivity index (χ1n) is 12.0. The number of benzene rings is 1. The second-order valence-electron chi connectivity index (χ2n) is 9.09. The average Bonchev–Trinajstić information content (AvgIpc) is 3.69. The molecule has 0 bridgehead atoms. The number of likely N-dealkylation sites (tertiary alicyclic amines) is 1. The molecule has 5 heterocycles. The van der Waals surface area contributed by atoms with Gasteiger partial charge in [-0.15, -0.1) is 11.3 Å². The molecule has 0 spiro atoms. The zero-order valence-corrected chi connectivity index (χ0v) is 21.3. The van der Waals surface area contributed by atoms with Crippen LogP contribution in [0.4, 0.5) is 17.3 Å². The van der Waals surface area contributed by atoms with E-state index in [2.05, 4.69) is 42.5 Å². The molecule has 1 aliphatic rings. The van der Waals surface area contributed by atoms with Crippen LogP contribution in [-0.4, -0.2) is 55.6 Å². The van der Waals surface area contributed by atoms with Crippen molar-refractivity contribution in [2.24, 2.45) is 0 Å². The minimum Gasteiger partial charge on any atom is -0.441 e. The van der Waals surface area contributed by atoms with Crippen molar-refractivity contribution in [3.63, 3.8) is 0 Å². The van der Waals surface area contributed by atoms with Gasteiger partial charge in [0, 0.05) is 47.1 Å². The van der Waals surface area contributed by atoms with Crippen molar-refractivity contribution in [1.82, 2.24) is 29.4 Å². The summed E-state index contributed by atoms with van der Waals surface area (Å²) in [6.07, 6.45) is 5.71. The second kappa shape index (κ2) is 10.0. The fourth-order valence-electron chi connectivity index (χ4n) is 4.55. The van der Waals surface area contributed by atoms with Crippen LogP contribution in [0, 0.1) is 11.3 Å². The van der Waals surface area contributed by atoms with Crippen LogP contribution < -0.4 is 16.2 Å². The van der Waals surface area contributed by atoms with E-state index in [1.54, 1.807) is 12.4 Å². The van der Waals surface area contributed by atoms with Crippen LogP contribution >= 0.6 is 11.3 Å². The molecule has 5 aromatic rings. The summed E-state index contributed by atoms with van der Waals surface area (Å²) in [7, 11) is 2.13. The molecule has 0 amide bonds. The van der Waals surface area contributed by atoms with E-state index in [4.69, 9.17) is 4.42 Å². The first-order chi connectivity index (χ1) is 18.6. The summed E-state index contributed by atoms with van der Waals surface area (Å²) < 4.78 is 6.97. The quantitative estimate of drug-likeness (QED) is 0.324. The highest BCUT2D eigenvalue weighted by Crippen LogP contribution is 2.26. The van der Waals surface area contributed by atoms with Crippen molar-refractivity contribution in [3.8, 4) is 16.8 Å². The Balaban J connectivity index is 1.30. The topological polar surface area (TPSA) is 138 Å². The first-order valence-corrected chi connectivity index (χ1v) is 12.9. The van der Waals surface area contributed by atoms with Crippen LogP contribution in [0.1, 0.15) is 17.7 Å². The maximum absolute atomic E-state index is 13.2. The SMILES string of the molecule is CN1CCC(Nc2ccc(Nc3ncc4cc(C#N)c(=O)n(Cc5ncoc5-c5nccs5)c4n3)cc2)C1. The molecule has 38 heavy (non-hydrogen) atoms. The minimum atomic E-state index is -0.467. The van der Waals surface area contributed by atoms with Crippen molar-refractivity contribution in [2.75, 3.05) is 30.8 Å². The molecule has 0 aliphatic carbocycles. The number of thiazole rings is 1. The van der Waals surface area contributed by atoms with E-state index in [1.807, 2.05) is 35.7 Å². The minimum absolute atomic E-state index is 0.00218. The number of likely N-dealkylation sites (N-methyl/N-ethyl adjacent to an activating group) is 1. The standard InChI is InChI=1S/C26H23N9O2S/c1-34-8-6-20(13-34)31-18-2-4-19(5-3-18)32-26-29-12-17-10-16(11-27)25(36)35(23(17)33-26)14-21-22(37-15-30-21)24-28-7-9-38-24/h2-5,7,9-10,12,15,20,31H,6,8,13-14H2,1H3,(H,29,32,33). The third-order valence-electron chi connectivity index (χ3n) is 6.43. The smallest absolute Gasteiger partial charge is 0.270 e. The lowest BCUT2D eigenvalue weighted by Gasteiger charge is -2.15. The van der Waals surface area contributed by atoms with Gasteiger partial charge in [0.1, 0.15) is 23.0 Å². The normalized spacial score (nSPS) is 15.5. The number of hydrogen-bond donors (Lipinski definition) is 2. The maximum atomic E-state index is 13.2. The highest BCUT2D eigenvalue weighted by Gasteiger charge is 2.20. The number of aromatic nitrogens is 5. The molecule has 0 radical (unpaired) electrons. The van der Waals surface area contributed by atoms with Gasteiger partial charge in [-0.3, -0.25) is 9.36 Å². The average molecular weight is 526 g/mol. The van der Waals surface area contributed by atoms with E-state index in [9.17, 15) is 10.1 Å². The Morgan fingerprint density at radius 3 is 2.79 bits per heavy atom. The summed E-state index contributed by atoms with van der Waals surface area (Å²) in [6.45, 7) is 2.18. The van der Waals surface area contributed by atoms with Gasteiger partial charge < -0.3 is 20.0 Å². The van der Waals surface area contributed by atoms with Crippen LogP contribution in [0.15, 0.2) is 63.7 Å². The van der Waals surface area contributed by atoms with Gasteiger partial charge in [0.15, 0.2) is 17.2 Å². The Bertz CT molecular complexity index is 1690. The Hall–Kier alpha value is -4.60. The van der Waals surface area contributed by atoms with Gasteiger partial charge in [-0.2, -0.15) is 10.2 Å². The van der Waals surface area contributed by atoms with E-state index in [-0.39, 0.29) is 12.1 Å². The van der Waals surface area contributed by atoms with Crippen LogP contribution in [0.3, 0.4) is 0 Å². The summed E-state index contributed by atoms with van der Waals surface area (Å²) in [6, 6.07) is 11.9. The summed E-state index contributed by atoms with van der Waals surface area (Å²) >= 11 is 1.41. The third-order valence-corrected chi connectivity index (χ3v) is 7.20. The molecule has 1 saturated heterocycles. The van der Waals surface area contributed by atoms with Crippen LogP contribution in [-0.2, 0) is 6.54 Å². The number of nitrogens with zero attached hydrogens (tertiary/aromatic N) is 7. The molecule has 12 heteroatoms. The molecule has 1 atom stereocenters. The van der Waals surface area contributed by atoms with Gasteiger partial charge >= 0.3 is 0 Å². The fourth-order valence-corrected chi connectivity index (χ4v) is 5.20. The van der Waals surface area contributed by atoms with Crippen molar-refractivity contribution < 1.29 is 4.42 Å². The zero-order chi connectivity index (χ0) is 26.1. The van der Waals surface area contributed by atoms with E-state index in [0.29, 0.717) is 39.5 Å². The molecule has 1 fully saturated rings. The molecule has 1 aromatic carbocycles. The third kappa shape index (κ3) is 4.72. The van der Waals surface area contributed by atoms with Crippen molar-refractivity contribution in [2.45, 2.75) is 19.0 Å². The molecule has 1 aliphatic heterocycles. The van der Waals surface area contributed by atoms with E-state index < -0.39 is 5.56 Å². The number of anilines is 3. The van der Waals surface area contributed by atoms with Crippen molar-refractivity contribution >= 4 is 39.7 Å². The van der Waals surface area contributed by atoms with Crippen LogP contribution in [0.2, 0.25) is 0 Å². The Morgan fingerprint density at radius 2 is 2.05 bits per heavy atom. The molecule has 0 saturated carbocycles. The number of fused-ring (bicyclic) bond motifs is 1. The highest BCUT2D eigenvalue weighted by molar-refractivity contribution is 7.13. The number of rotatable bonds is 7. The summed E-state index contributed by atoms with van der Waals surface area (Å²) in [5.41, 5.74) is 2.29. The molecule has 11 nitrogen and oxygen atoms in total. The van der Waals surface area contributed by atoms with Gasteiger partial charge in [-0.05, 0) is 50.3 Å². The molecular weight excluding hydrogens is 502 g/mol. The predicted octanol–water partition coefficient (Wildman–Crippen LogP) is 3.68. The molecule has 2 N–H and O–H groups in total. The van der Waals surface area contributed by atoms with E-state index in [0.717, 1.165) is 30.9 Å². The predicted molar refractivity (Wildman–Crippen MR) is 144 cm³/mol. The van der Waals surface area contributed by atoms with E-state index >= 15 is 0 Å². The summed E-state index contributed by atoms with van der Waals surface area (Å²) in [4.78, 5) is 33.1. The Labute approximate surface area is 221 Å². The number of nitriles is 1. The molecule has 190 valence electrons. The molecular formula is C26H23N9O2S. The summed E-state index contributed by atoms with van der Waals surface area (Å²) in [5, 5.41) is 19.4. The highest BCUT2D eigenvalue weighted by atomic mass is 32.1. The first kappa shape index (κ1) is 23.8. The van der Waals surface area contributed by atoms with Crippen molar-refractivity contribution in [3.05, 3.63) is 76.1 Å².